The summed E-state index contributed by atoms with van der Waals surface area (Å²) < 4.78 is 22.3. The molecule has 0 unspecified atom stereocenters. The van der Waals surface area contributed by atoms with E-state index in [2.05, 4.69) is 38.4 Å². The van der Waals surface area contributed by atoms with Gasteiger partial charge in [0.2, 0.25) is 0 Å². The first-order valence-corrected chi connectivity index (χ1v) is 10.8. The van der Waals surface area contributed by atoms with E-state index < -0.39 is 11.8 Å². The van der Waals surface area contributed by atoms with E-state index in [0.29, 0.717) is 35.2 Å². The number of hydrogen-bond donors (Lipinski definition) is 2. The van der Waals surface area contributed by atoms with Crippen LogP contribution in [0.4, 0.5) is 0 Å². The molecule has 2 amide bonds. The van der Waals surface area contributed by atoms with Crippen molar-refractivity contribution in [3.63, 3.8) is 0 Å². The Kier molecular flexibility index (Phi) is 10.1. The van der Waals surface area contributed by atoms with Gasteiger partial charge in [-0.15, -0.1) is 0 Å². The zero-order valence-corrected chi connectivity index (χ0v) is 20.5. The molecule has 9 nitrogen and oxygen atoms in total. The summed E-state index contributed by atoms with van der Waals surface area (Å²) in [7, 11) is 4.55. The third-order valence-corrected chi connectivity index (χ3v) is 4.96. The van der Waals surface area contributed by atoms with Crippen LogP contribution in [-0.2, 0) is 4.79 Å². The van der Waals surface area contributed by atoms with Crippen LogP contribution < -0.4 is 29.7 Å². The number of methoxy groups -OCH3 is 3. The fraction of sp³-hybridized carbons (Fsp3) is 0.318. The molecule has 0 saturated heterocycles. The zero-order chi connectivity index (χ0) is 23.5. The number of nitrogens with one attached hydrogen (secondary N) is 2. The smallest absolute Gasteiger partial charge is 0.259 e. The van der Waals surface area contributed by atoms with Crippen molar-refractivity contribution >= 4 is 40.6 Å². The van der Waals surface area contributed by atoms with E-state index >= 15 is 0 Å². The van der Waals surface area contributed by atoms with Crippen molar-refractivity contribution < 1.29 is 28.5 Å². The Morgan fingerprint density at radius 2 is 1.75 bits per heavy atom. The molecule has 0 heterocycles. The van der Waals surface area contributed by atoms with Crippen LogP contribution in [0.5, 0.6) is 23.0 Å². The SMILES string of the molecule is CCCOc1c(I)cc(/C=N/NC(=O)CNC(=O)c2ccc(OC)c(OC)c2)cc1OC. The summed E-state index contributed by atoms with van der Waals surface area (Å²) in [6.45, 7) is 2.37. The second-order valence-corrected chi connectivity index (χ2v) is 7.59. The fourth-order valence-corrected chi connectivity index (χ4v) is 3.40. The number of hydrogen-bond acceptors (Lipinski definition) is 7. The molecule has 10 heteroatoms. The van der Waals surface area contributed by atoms with Gasteiger partial charge < -0.3 is 24.3 Å². The van der Waals surface area contributed by atoms with Crippen LogP contribution in [0.25, 0.3) is 0 Å². The van der Waals surface area contributed by atoms with Gasteiger partial charge in [-0.05, 0) is 64.9 Å². The highest BCUT2D eigenvalue weighted by Crippen LogP contribution is 2.33. The van der Waals surface area contributed by atoms with Gasteiger partial charge in [-0.1, -0.05) is 6.92 Å². The summed E-state index contributed by atoms with van der Waals surface area (Å²) in [6, 6.07) is 8.36. The summed E-state index contributed by atoms with van der Waals surface area (Å²) in [6.07, 6.45) is 2.37. The van der Waals surface area contributed by atoms with E-state index in [1.54, 1.807) is 25.3 Å². The molecule has 0 bridgehead atoms. The Morgan fingerprint density at radius 1 is 1.03 bits per heavy atom. The molecular formula is C22H26IN3O6. The molecule has 2 aromatic rings. The first-order chi connectivity index (χ1) is 15.4. The molecule has 0 aliphatic rings. The van der Waals surface area contributed by atoms with Crippen LogP contribution in [0.1, 0.15) is 29.3 Å². The second-order valence-electron chi connectivity index (χ2n) is 6.43. The van der Waals surface area contributed by atoms with Crippen LogP contribution in [0, 0.1) is 3.57 Å². The van der Waals surface area contributed by atoms with Gasteiger partial charge in [0.05, 0.1) is 44.3 Å². The molecule has 0 aromatic heterocycles. The molecule has 0 fully saturated rings. The average Bonchev–Trinajstić information content (AvgIpc) is 2.80. The molecule has 0 aliphatic heterocycles. The lowest BCUT2D eigenvalue weighted by atomic mass is 10.2. The lowest BCUT2D eigenvalue weighted by Gasteiger charge is -2.12. The number of carbonyl (C=O) groups excluding carboxylic acids is 2. The third-order valence-electron chi connectivity index (χ3n) is 4.16. The fourth-order valence-electron chi connectivity index (χ4n) is 2.62. The first-order valence-electron chi connectivity index (χ1n) is 9.75. The van der Waals surface area contributed by atoms with E-state index in [4.69, 9.17) is 18.9 Å². The maximum Gasteiger partial charge on any atom is 0.259 e. The topological polar surface area (TPSA) is 107 Å². The minimum absolute atomic E-state index is 0.241. The third kappa shape index (κ3) is 7.01. The summed E-state index contributed by atoms with van der Waals surface area (Å²) >= 11 is 2.16. The van der Waals surface area contributed by atoms with Crippen LogP contribution in [0.2, 0.25) is 0 Å². The number of nitrogens with zero attached hydrogens (tertiary/aromatic N) is 1. The maximum atomic E-state index is 12.3. The summed E-state index contributed by atoms with van der Waals surface area (Å²) in [4.78, 5) is 24.3. The first kappa shape index (κ1) is 25.2. The van der Waals surface area contributed by atoms with Crippen molar-refractivity contribution in [2.45, 2.75) is 13.3 Å². The van der Waals surface area contributed by atoms with Gasteiger partial charge in [0.15, 0.2) is 23.0 Å². The molecular weight excluding hydrogens is 529 g/mol. The quantitative estimate of drug-likeness (QED) is 0.251. The molecule has 0 atom stereocenters. The zero-order valence-electron chi connectivity index (χ0n) is 18.4. The number of amides is 2. The van der Waals surface area contributed by atoms with Gasteiger partial charge in [-0.25, -0.2) is 5.43 Å². The van der Waals surface area contributed by atoms with E-state index in [1.807, 2.05) is 13.0 Å². The van der Waals surface area contributed by atoms with Gasteiger partial charge >= 0.3 is 0 Å². The van der Waals surface area contributed by atoms with E-state index in [9.17, 15) is 9.59 Å². The van der Waals surface area contributed by atoms with Crippen LogP contribution in [-0.4, -0.2) is 52.5 Å². The standard InChI is InChI=1S/C22H26IN3O6/c1-5-8-32-21-16(23)9-14(10-19(21)31-4)12-25-26-20(27)13-24-22(28)15-6-7-17(29-2)18(11-15)30-3/h6-7,9-12H,5,8,13H2,1-4H3,(H,24,28)(H,26,27)/b25-12+. The number of rotatable bonds is 11. The van der Waals surface area contributed by atoms with Gasteiger partial charge in [0.1, 0.15) is 0 Å². The lowest BCUT2D eigenvalue weighted by Crippen LogP contribution is -2.34. The molecule has 0 spiro atoms. The Morgan fingerprint density at radius 3 is 2.41 bits per heavy atom. The van der Waals surface area contributed by atoms with Crippen LogP contribution in [0.15, 0.2) is 35.4 Å². The second kappa shape index (κ2) is 12.7. The Balaban J connectivity index is 1.92. The van der Waals surface area contributed by atoms with E-state index in [-0.39, 0.29) is 6.54 Å². The van der Waals surface area contributed by atoms with Crippen molar-refractivity contribution in [3.8, 4) is 23.0 Å². The molecule has 172 valence electrons. The van der Waals surface area contributed by atoms with Gasteiger partial charge in [-0.2, -0.15) is 5.10 Å². The molecule has 0 radical (unpaired) electrons. The minimum Gasteiger partial charge on any atom is -0.493 e. The predicted molar refractivity (Wildman–Crippen MR) is 129 cm³/mol. The largest absolute Gasteiger partial charge is 0.493 e. The number of benzene rings is 2. The number of ether oxygens (including phenoxy) is 4. The molecule has 2 aromatic carbocycles. The lowest BCUT2D eigenvalue weighted by molar-refractivity contribution is -0.120. The average molecular weight is 555 g/mol. The number of carbonyl (C=O) groups is 2. The summed E-state index contributed by atoms with van der Waals surface area (Å²) in [5, 5.41) is 6.47. The van der Waals surface area contributed by atoms with Gasteiger partial charge in [0.25, 0.3) is 11.8 Å². The van der Waals surface area contributed by atoms with Crippen LogP contribution in [0.3, 0.4) is 0 Å². The maximum absolute atomic E-state index is 12.3. The van der Waals surface area contributed by atoms with Gasteiger partial charge in [0, 0.05) is 5.56 Å². The number of halogens is 1. The number of hydrazone groups is 1. The van der Waals surface area contributed by atoms with Crippen molar-refractivity contribution in [2.75, 3.05) is 34.5 Å². The minimum atomic E-state index is -0.473. The highest BCUT2D eigenvalue weighted by atomic mass is 127. The van der Waals surface area contributed by atoms with Crippen molar-refractivity contribution in [1.82, 2.24) is 10.7 Å². The Labute approximate surface area is 200 Å². The summed E-state index contributed by atoms with van der Waals surface area (Å²) in [5.74, 6) is 1.29. The van der Waals surface area contributed by atoms with Crippen molar-refractivity contribution in [1.29, 1.82) is 0 Å². The van der Waals surface area contributed by atoms with E-state index in [1.165, 1.54) is 26.5 Å². The normalized spacial score (nSPS) is 10.5. The highest BCUT2D eigenvalue weighted by molar-refractivity contribution is 14.1. The Bertz CT molecular complexity index is 980. The van der Waals surface area contributed by atoms with Crippen LogP contribution >= 0.6 is 22.6 Å². The monoisotopic (exact) mass is 555 g/mol. The molecule has 2 rings (SSSR count). The van der Waals surface area contributed by atoms with Crippen molar-refractivity contribution in [2.24, 2.45) is 5.10 Å². The molecule has 2 N–H and O–H groups in total. The molecule has 0 aliphatic carbocycles. The highest BCUT2D eigenvalue weighted by Gasteiger charge is 2.13. The molecule has 0 saturated carbocycles. The Hall–Kier alpha value is -3.02. The summed E-state index contributed by atoms with van der Waals surface area (Å²) in [5.41, 5.74) is 3.45. The van der Waals surface area contributed by atoms with E-state index in [0.717, 1.165) is 15.6 Å². The van der Waals surface area contributed by atoms with Gasteiger partial charge in [-0.3, -0.25) is 9.59 Å². The van der Waals surface area contributed by atoms with Crippen molar-refractivity contribution in [3.05, 3.63) is 45.0 Å². The molecule has 32 heavy (non-hydrogen) atoms. The predicted octanol–water partition coefficient (Wildman–Crippen LogP) is 2.99.